The molecule has 0 heterocycles. The third-order valence-corrected chi connectivity index (χ3v) is 4.99. The molecule has 1 aromatic rings. The molecule has 1 aromatic carbocycles. The van der Waals surface area contributed by atoms with Crippen molar-refractivity contribution in [3.63, 3.8) is 0 Å². The summed E-state index contributed by atoms with van der Waals surface area (Å²) in [4.78, 5) is 31.9. The third kappa shape index (κ3) is 24.4. The van der Waals surface area contributed by atoms with Gasteiger partial charge in [0.05, 0.1) is 12.2 Å². The first kappa shape index (κ1) is 36.1. The molecule has 6 N–H and O–H groups in total. The Morgan fingerprint density at radius 3 is 2.11 bits per heavy atom. The molecule has 0 aliphatic carbocycles. The van der Waals surface area contributed by atoms with E-state index < -0.39 is 18.0 Å². The zero-order valence-corrected chi connectivity index (χ0v) is 23.3. The van der Waals surface area contributed by atoms with E-state index in [1.165, 1.54) is 11.1 Å². The fourth-order valence-corrected chi connectivity index (χ4v) is 2.97. The monoisotopic (exact) mass is 523 g/mol. The van der Waals surface area contributed by atoms with Crippen molar-refractivity contribution in [1.29, 1.82) is 0 Å². The number of carboxylic acids is 2. The minimum absolute atomic E-state index is 0.0779. The van der Waals surface area contributed by atoms with Crippen molar-refractivity contribution < 1.29 is 29.7 Å². The zero-order chi connectivity index (χ0) is 28.5. The van der Waals surface area contributed by atoms with Gasteiger partial charge in [-0.15, -0.1) is 0 Å². The fourth-order valence-electron chi connectivity index (χ4n) is 2.97. The van der Waals surface area contributed by atoms with Crippen LogP contribution in [0.4, 0.5) is 4.79 Å². The Labute approximate surface area is 222 Å². The van der Waals surface area contributed by atoms with Crippen LogP contribution in [0.2, 0.25) is 0 Å². The summed E-state index contributed by atoms with van der Waals surface area (Å²) in [5.41, 5.74) is 2.50. The SMILES string of the molecule is CC.CCC(=O)O.CCC/C=C(/O)CC(CCCCNCc1ccc(C)cc1)NC(=O)NCCC(=O)O. The van der Waals surface area contributed by atoms with E-state index in [1.807, 2.05) is 20.8 Å². The molecule has 0 aromatic heterocycles. The molecular formula is C28H49N3O6. The van der Waals surface area contributed by atoms with Crippen LogP contribution < -0.4 is 16.0 Å². The average Bonchev–Trinajstić information content (AvgIpc) is 2.87. The van der Waals surface area contributed by atoms with Gasteiger partial charge in [-0.25, -0.2) is 4.79 Å². The molecule has 37 heavy (non-hydrogen) atoms. The van der Waals surface area contributed by atoms with Crippen molar-refractivity contribution >= 4 is 18.0 Å². The largest absolute Gasteiger partial charge is 0.513 e. The van der Waals surface area contributed by atoms with Crippen LogP contribution >= 0.6 is 0 Å². The van der Waals surface area contributed by atoms with Crippen molar-refractivity contribution in [2.24, 2.45) is 0 Å². The molecule has 0 aliphatic rings. The van der Waals surface area contributed by atoms with Gasteiger partial charge < -0.3 is 31.3 Å². The van der Waals surface area contributed by atoms with E-state index in [0.29, 0.717) is 6.42 Å². The van der Waals surface area contributed by atoms with Gasteiger partial charge in [0, 0.05) is 32.0 Å². The van der Waals surface area contributed by atoms with Gasteiger partial charge in [0.25, 0.3) is 0 Å². The van der Waals surface area contributed by atoms with Gasteiger partial charge in [0.2, 0.25) is 0 Å². The van der Waals surface area contributed by atoms with E-state index in [1.54, 1.807) is 13.0 Å². The van der Waals surface area contributed by atoms with Crippen molar-refractivity contribution in [3.8, 4) is 0 Å². The Kier molecular flexibility index (Phi) is 24.0. The van der Waals surface area contributed by atoms with E-state index in [-0.39, 0.29) is 31.2 Å². The third-order valence-electron chi connectivity index (χ3n) is 4.99. The zero-order valence-electron chi connectivity index (χ0n) is 23.3. The molecule has 0 bridgehead atoms. The quantitative estimate of drug-likeness (QED) is 0.123. The van der Waals surface area contributed by atoms with Crippen LogP contribution in [0.1, 0.15) is 90.2 Å². The number of aryl methyl sites for hydroxylation is 1. The molecule has 0 saturated heterocycles. The lowest BCUT2D eigenvalue weighted by atomic mass is 10.0. The lowest BCUT2D eigenvalue weighted by Crippen LogP contribution is -2.43. The first-order valence-electron chi connectivity index (χ1n) is 13.3. The maximum Gasteiger partial charge on any atom is 0.315 e. The van der Waals surface area contributed by atoms with Crippen LogP contribution in [-0.2, 0) is 16.1 Å². The number of hydrogen-bond acceptors (Lipinski definition) is 5. The van der Waals surface area contributed by atoms with Gasteiger partial charge in [0.15, 0.2) is 0 Å². The number of rotatable bonds is 16. The van der Waals surface area contributed by atoms with Gasteiger partial charge >= 0.3 is 18.0 Å². The van der Waals surface area contributed by atoms with Crippen molar-refractivity contribution in [2.45, 2.75) is 98.6 Å². The molecular weight excluding hydrogens is 474 g/mol. The summed E-state index contributed by atoms with van der Waals surface area (Å²) in [6.45, 7) is 11.5. The van der Waals surface area contributed by atoms with Gasteiger partial charge in [-0.3, -0.25) is 9.59 Å². The maximum atomic E-state index is 12.0. The number of aliphatic carboxylic acids is 2. The predicted molar refractivity (Wildman–Crippen MR) is 149 cm³/mol. The molecule has 0 aliphatic heterocycles. The van der Waals surface area contributed by atoms with E-state index >= 15 is 0 Å². The van der Waals surface area contributed by atoms with E-state index in [9.17, 15) is 19.5 Å². The highest BCUT2D eigenvalue weighted by molar-refractivity contribution is 5.75. The molecule has 0 radical (unpaired) electrons. The summed E-state index contributed by atoms with van der Waals surface area (Å²) in [5.74, 6) is -1.42. The maximum absolute atomic E-state index is 12.0. The number of hydrogen-bond donors (Lipinski definition) is 6. The summed E-state index contributed by atoms with van der Waals surface area (Å²) in [5, 5.41) is 35.3. The highest BCUT2D eigenvalue weighted by Crippen LogP contribution is 2.11. The summed E-state index contributed by atoms with van der Waals surface area (Å²) in [7, 11) is 0. The number of allylic oxidation sites excluding steroid dienone is 1. The molecule has 0 saturated carbocycles. The normalized spacial score (nSPS) is 11.2. The number of carboxylic acid groups (broad SMARTS) is 2. The summed E-state index contributed by atoms with van der Waals surface area (Å²) < 4.78 is 0. The highest BCUT2D eigenvalue weighted by Gasteiger charge is 2.14. The van der Waals surface area contributed by atoms with Crippen LogP contribution in [0.3, 0.4) is 0 Å². The number of benzene rings is 1. The van der Waals surface area contributed by atoms with Crippen molar-refractivity contribution in [3.05, 3.63) is 47.2 Å². The van der Waals surface area contributed by atoms with Crippen molar-refractivity contribution in [1.82, 2.24) is 16.0 Å². The Morgan fingerprint density at radius 2 is 1.57 bits per heavy atom. The lowest BCUT2D eigenvalue weighted by Gasteiger charge is -2.19. The molecule has 9 nitrogen and oxygen atoms in total. The van der Waals surface area contributed by atoms with Crippen LogP contribution in [0.5, 0.6) is 0 Å². The standard InChI is InChI=1S/C23H37N3O4.C3H6O2.C2H6/c1-3-4-8-21(27)16-20(26-23(30)25-15-13-22(28)29)7-5-6-14-24-17-19-11-9-18(2)10-12-19;1-2-3(4)5;1-2/h8-12,20,24,27H,3-7,13-17H2,1-2H3,(H,28,29)(H2,25,26,30);2H2,1H3,(H,4,5);1-2H3/b21-8+;;. The van der Waals surface area contributed by atoms with Gasteiger partial charge in [-0.1, -0.05) is 70.4 Å². The smallest absolute Gasteiger partial charge is 0.315 e. The van der Waals surface area contributed by atoms with E-state index in [2.05, 4.69) is 47.1 Å². The highest BCUT2D eigenvalue weighted by atomic mass is 16.4. The number of aliphatic hydroxyl groups excluding tert-OH is 1. The summed E-state index contributed by atoms with van der Waals surface area (Å²) in [6.07, 6.45) is 6.63. The number of aliphatic hydroxyl groups is 1. The van der Waals surface area contributed by atoms with E-state index in [4.69, 9.17) is 10.2 Å². The van der Waals surface area contributed by atoms with Crippen LogP contribution in [0.25, 0.3) is 0 Å². The second-order valence-electron chi connectivity index (χ2n) is 8.33. The number of carbonyl (C=O) groups excluding carboxylic acids is 1. The first-order chi connectivity index (χ1) is 17.7. The molecule has 2 amide bonds. The average molecular weight is 524 g/mol. The summed E-state index contributed by atoms with van der Waals surface area (Å²) in [6, 6.07) is 7.86. The second kappa shape index (κ2) is 24.6. The van der Waals surface area contributed by atoms with Crippen molar-refractivity contribution in [2.75, 3.05) is 13.1 Å². The van der Waals surface area contributed by atoms with Crippen LogP contribution in [-0.4, -0.2) is 52.4 Å². The molecule has 212 valence electrons. The first-order valence-corrected chi connectivity index (χ1v) is 13.3. The van der Waals surface area contributed by atoms with E-state index in [0.717, 1.165) is 45.2 Å². The Hall–Kier alpha value is -3.07. The van der Waals surface area contributed by atoms with Crippen LogP contribution in [0.15, 0.2) is 36.1 Å². The van der Waals surface area contributed by atoms with Crippen LogP contribution in [0, 0.1) is 6.92 Å². The molecule has 1 atom stereocenters. The fraction of sp³-hybridized carbons (Fsp3) is 0.607. The molecule has 1 unspecified atom stereocenters. The number of unbranched alkanes of at least 4 members (excludes halogenated alkanes) is 2. The Morgan fingerprint density at radius 1 is 0.946 bits per heavy atom. The van der Waals surface area contributed by atoms with Gasteiger partial charge in [0.1, 0.15) is 0 Å². The lowest BCUT2D eigenvalue weighted by molar-refractivity contribution is -0.137. The van der Waals surface area contributed by atoms with Gasteiger partial charge in [-0.2, -0.15) is 0 Å². The Bertz CT molecular complexity index is 766. The molecule has 0 fully saturated rings. The number of nitrogens with one attached hydrogen (secondary N) is 3. The number of amides is 2. The van der Waals surface area contributed by atoms with Gasteiger partial charge in [-0.05, 0) is 44.4 Å². The minimum atomic E-state index is -0.954. The summed E-state index contributed by atoms with van der Waals surface area (Å²) >= 11 is 0. The predicted octanol–water partition coefficient (Wildman–Crippen LogP) is 5.54. The number of urea groups is 1. The molecule has 0 spiro atoms. The molecule has 1 rings (SSSR count). The second-order valence-corrected chi connectivity index (χ2v) is 8.33. The minimum Gasteiger partial charge on any atom is -0.513 e. The Balaban J connectivity index is 0. The topological polar surface area (TPSA) is 148 Å². The number of carbonyl (C=O) groups is 3. The molecule has 9 heteroatoms.